The summed E-state index contributed by atoms with van der Waals surface area (Å²) in [6.45, 7) is 14.8. The first-order valence-electron chi connectivity index (χ1n) is 23.0. The molecule has 0 saturated heterocycles. The maximum atomic E-state index is 6.91. The number of para-hydroxylation sites is 2. The molecule has 8 aromatic carbocycles. The standard InChI is InChI=1S/C59H52N3O2Si/c1-37-31-51(60(3)36-38(2)65(4,5)6)44(39-17-8-7-9-18-39)29-27-43-34-56-49(57-45-22-13-12-19-40(45)28-30-55(57)63-56)35-48(43)59-61(37)52-32-41-20-10-11-21-42(41)33-53(52)62(59)50-25-16-24-47-46-23-14-15-26-54(46)64-58(47)50/h7-26,28,30,32-36,44,51H,1,27,29,31H2,2-6H3/q+1/b38-36+. The van der Waals surface area contributed by atoms with E-state index in [0.717, 1.165) is 96.9 Å². The number of allylic oxidation sites excluding steroid dienone is 1. The van der Waals surface area contributed by atoms with E-state index in [9.17, 15) is 0 Å². The summed E-state index contributed by atoms with van der Waals surface area (Å²) in [5.74, 6) is 1.28. The summed E-state index contributed by atoms with van der Waals surface area (Å²) in [5, 5.41) is 10.7. The van der Waals surface area contributed by atoms with Crippen LogP contribution in [0.2, 0.25) is 19.6 Å². The molecule has 0 aliphatic carbocycles. The Labute approximate surface area is 380 Å². The highest BCUT2D eigenvalue weighted by Gasteiger charge is 2.38. The average Bonchev–Trinajstić information content (AvgIpc) is 3.99. The first-order valence-corrected chi connectivity index (χ1v) is 26.5. The molecule has 2 atom stereocenters. The molecule has 0 radical (unpaired) electrons. The molecule has 0 fully saturated rings. The number of fused-ring (bicyclic) bond motifs is 14. The van der Waals surface area contributed by atoms with Gasteiger partial charge >= 0.3 is 0 Å². The maximum Gasteiger partial charge on any atom is 0.300 e. The van der Waals surface area contributed by atoms with E-state index in [1.54, 1.807) is 0 Å². The molecular formula is C59H52N3O2Si+. The molecule has 3 aromatic heterocycles. The van der Waals surface area contributed by atoms with Gasteiger partial charge in [-0.3, -0.25) is 0 Å². The van der Waals surface area contributed by atoms with Crippen LogP contribution in [-0.2, 0) is 6.42 Å². The lowest BCUT2D eigenvalue weighted by Crippen LogP contribution is -2.42. The predicted molar refractivity (Wildman–Crippen MR) is 275 cm³/mol. The summed E-state index contributed by atoms with van der Waals surface area (Å²) in [5.41, 5.74) is 11.5. The molecule has 318 valence electrons. The van der Waals surface area contributed by atoms with Crippen molar-refractivity contribution >= 4 is 90.2 Å². The molecule has 6 heteroatoms. The SMILES string of the molecule is C=C1CC(N(C)/C=C(\C)[Si](C)(C)C)C(c2ccccc2)CCc2cc3oc4ccc5ccccc5c4c3cc2-c2n(-c3cccc4c3oc3ccccc34)c3cc4ccccc4cc3[n+]21. The molecule has 2 unspecified atom stereocenters. The van der Waals surface area contributed by atoms with Crippen molar-refractivity contribution in [1.82, 2.24) is 9.47 Å². The fourth-order valence-corrected chi connectivity index (χ4v) is 11.3. The Bertz CT molecular complexity index is 3750. The van der Waals surface area contributed by atoms with Crippen LogP contribution in [0.25, 0.3) is 99.2 Å². The monoisotopic (exact) mass is 862 g/mol. The third-order valence-electron chi connectivity index (χ3n) is 14.5. The Balaban J connectivity index is 1.22. The Morgan fingerprint density at radius 2 is 1.40 bits per heavy atom. The van der Waals surface area contributed by atoms with E-state index in [4.69, 9.17) is 15.4 Å². The molecule has 65 heavy (non-hydrogen) atoms. The quantitative estimate of drug-likeness (QED) is 0.128. The Morgan fingerprint density at radius 3 is 2.20 bits per heavy atom. The molecule has 4 heterocycles. The minimum Gasteiger partial charge on any atom is -0.456 e. The van der Waals surface area contributed by atoms with Gasteiger partial charge in [-0.15, -0.1) is 0 Å². The highest BCUT2D eigenvalue weighted by molar-refractivity contribution is 6.82. The lowest BCUT2D eigenvalue weighted by Gasteiger charge is -2.36. The minimum atomic E-state index is -1.57. The van der Waals surface area contributed by atoms with Crippen LogP contribution in [0, 0.1) is 0 Å². The lowest BCUT2D eigenvalue weighted by atomic mass is 9.82. The smallest absolute Gasteiger partial charge is 0.300 e. The number of hydrogen-bond acceptors (Lipinski definition) is 3. The number of rotatable bonds is 5. The molecule has 0 amide bonds. The van der Waals surface area contributed by atoms with E-state index in [1.165, 1.54) is 37.9 Å². The van der Waals surface area contributed by atoms with E-state index in [1.807, 2.05) is 0 Å². The van der Waals surface area contributed by atoms with Gasteiger partial charge in [-0.05, 0) is 101 Å². The van der Waals surface area contributed by atoms with Gasteiger partial charge in [0, 0.05) is 47.0 Å². The third-order valence-corrected chi connectivity index (χ3v) is 17.0. The summed E-state index contributed by atoms with van der Waals surface area (Å²) in [6.07, 6.45) is 4.99. The molecular weight excluding hydrogens is 811 g/mol. The zero-order valence-corrected chi connectivity index (χ0v) is 38.7. The van der Waals surface area contributed by atoms with Gasteiger partial charge in [0.2, 0.25) is 0 Å². The van der Waals surface area contributed by atoms with Crippen LogP contribution in [0.1, 0.15) is 36.8 Å². The van der Waals surface area contributed by atoms with Crippen LogP contribution < -0.4 is 4.57 Å². The highest BCUT2D eigenvalue weighted by atomic mass is 28.3. The predicted octanol–water partition coefficient (Wildman–Crippen LogP) is 15.4. The van der Waals surface area contributed by atoms with E-state index in [2.05, 4.69) is 212 Å². The molecule has 11 aromatic rings. The summed E-state index contributed by atoms with van der Waals surface area (Å²) in [7, 11) is 0.725. The summed E-state index contributed by atoms with van der Waals surface area (Å²) >= 11 is 0. The van der Waals surface area contributed by atoms with Gasteiger partial charge < -0.3 is 13.7 Å². The number of imidazole rings is 1. The van der Waals surface area contributed by atoms with Crippen LogP contribution in [0.4, 0.5) is 0 Å². The molecule has 0 bridgehead atoms. The van der Waals surface area contributed by atoms with Crippen molar-refractivity contribution in [2.24, 2.45) is 0 Å². The fourth-order valence-electron chi connectivity index (χ4n) is 10.8. The zero-order valence-electron chi connectivity index (χ0n) is 37.7. The van der Waals surface area contributed by atoms with Gasteiger partial charge in [0.15, 0.2) is 22.3 Å². The van der Waals surface area contributed by atoms with Crippen LogP contribution in [0.5, 0.6) is 0 Å². The van der Waals surface area contributed by atoms with E-state index in [-0.39, 0.29) is 12.0 Å². The van der Waals surface area contributed by atoms with Gasteiger partial charge in [0.05, 0.1) is 13.6 Å². The molecule has 1 aliphatic heterocycles. The largest absolute Gasteiger partial charge is 0.456 e. The minimum absolute atomic E-state index is 0.122. The second kappa shape index (κ2) is 15.0. The normalized spacial score (nSPS) is 16.3. The third kappa shape index (κ3) is 6.37. The lowest BCUT2D eigenvalue weighted by molar-refractivity contribution is -0.542. The summed E-state index contributed by atoms with van der Waals surface area (Å²) < 4.78 is 18.8. The first-order chi connectivity index (χ1) is 31.6. The summed E-state index contributed by atoms with van der Waals surface area (Å²) in [4.78, 5) is 2.52. The van der Waals surface area contributed by atoms with Gasteiger partial charge in [-0.25, -0.2) is 0 Å². The van der Waals surface area contributed by atoms with Crippen molar-refractivity contribution in [2.45, 2.75) is 57.8 Å². The fraction of sp³-hybridized carbons (Fsp3) is 0.169. The average molecular weight is 863 g/mol. The molecule has 1 aliphatic rings. The maximum absolute atomic E-state index is 6.91. The Morgan fingerprint density at radius 1 is 0.692 bits per heavy atom. The number of nitrogens with zero attached hydrogens (tertiary/aromatic N) is 3. The molecule has 0 saturated carbocycles. The van der Waals surface area contributed by atoms with Gasteiger partial charge in [0.1, 0.15) is 22.4 Å². The number of hydrogen-bond donors (Lipinski definition) is 0. The van der Waals surface area contributed by atoms with Gasteiger partial charge in [-0.2, -0.15) is 9.13 Å². The topological polar surface area (TPSA) is 38.3 Å². The van der Waals surface area contributed by atoms with Crippen LogP contribution in [-0.4, -0.2) is 30.6 Å². The zero-order chi connectivity index (χ0) is 44.1. The van der Waals surface area contributed by atoms with Crippen molar-refractivity contribution in [3.05, 3.63) is 187 Å². The second-order valence-corrected chi connectivity index (χ2v) is 24.6. The second-order valence-electron chi connectivity index (χ2n) is 19.3. The van der Waals surface area contributed by atoms with Crippen molar-refractivity contribution in [3.63, 3.8) is 0 Å². The number of likely N-dealkylation sites (N-methyl/N-ethyl adjacent to an activating group) is 1. The van der Waals surface area contributed by atoms with Crippen LogP contribution >= 0.6 is 0 Å². The number of aromatic nitrogens is 2. The highest BCUT2D eigenvalue weighted by Crippen LogP contribution is 2.44. The van der Waals surface area contributed by atoms with Crippen molar-refractivity contribution < 1.29 is 13.4 Å². The van der Waals surface area contributed by atoms with Crippen molar-refractivity contribution in [1.29, 1.82) is 0 Å². The van der Waals surface area contributed by atoms with Gasteiger partial charge in [0.25, 0.3) is 5.82 Å². The molecule has 12 rings (SSSR count). The molecule has 0 spiro atoms. The van der Waals surface area contributed by atoms with E-state index >= 15 is 0 Å². The van der Waals surface area contributed by atoms with E-state index < -0.39 is 8.07 Å². The number of aryl methyl sites for hydroxylation is 1. The van der Waals surface area contributed by atoms with Crippen molar-refractivity contribution in [3.8, 4) is 17.1 Å². The Hall–Kier alpha value is -7.15. The molecule has 5 nitrogen and oxygen atoms in total. The molecule has 0 N–H and O–H groups in total. The number of benzene rings is 8. The van der Waals surface area contributed by atoms with Crippen LogP contribution in [0.3, 0.4) is 0 Å². The first kappa shape index (κ1) is 39.4. The summed E-state index contributed by atoms with van der Waals surface area (Å²) in [6, 6.07) is 57.6. The number of furan rings is 2. The van der Waals surface area contributed by atoms with Crippen LogP contribution in [0.15, 0.2) is 185 Å². The Kier molecular flexibility index (Phi) is 9.08. The van der Waals surface area contributed by atoms with Gasteiger partial charge in [-0.1, -0.05) is 147 Å². The van der Waals surface area contributed by atoms with E-state index in [0.29, 0.717) is 0 Å². The van der Waals surface area contributed by atoms with Crippen molar-refractivity contribution in [2.75, 3.05) is 7.05 Å².